The third kappa shape index (κ3) is 4.69. The molecule has 2 aromatic heterocycles. The summed E-state index contributed by atoms with van der Waals surface area (Å²) in [4.78, 5) is 11.4. The van der Waals surface area contributed by atoms with Crippen LogP contribution in [-0.2, 0) is 6.42 Å². The van der Waals surface area contributed by atoms with Crippen molar-refractivity contribution in [1.29, 1.82) is 0 Å². The van der Waals surface area contributed by atoms with Gasteiger partial charge < -0.3 is 14.6 Å². The van der Waals surface area contributed by atoms with Crippen molar-refractivity contribution in [3.63, 3.8) is 0 Å². The zero-order valence-electron chi connectivity index (χ0n) is 13.3. The highest BCUT2D eigenvalue weighted by Crippen LogP contribution is 2.14. The van der Waals surface area contributed by atoms with E-state index in [1.807, 2.05) is 12.1 Å². The van der Waals surface area contributed by atoms with E-state index < -0.39 is 0 Å². The quantitative estimate of drug-likeness (QED) is 0.432. The largest absolute Gasteiger partial charge is 0.461 e. The minimum absolute atomic E-state index is 0. The summed E-state index contributed by atoms with van der Waals surface area (Å²) in [7, 11) is 0. The summed E-state index contributed by atoms with van der Waals surface area (Å²) in [6.45, 7) is 5.86. The molecule has 1 saturated heterocycles. The number of H-pyrrole nitrogens is 1. The van der Waals surface area contributed by atoms with E-state index in [9.17, 15) is 0 Å². The van der Waals surface area contributed by atoms with E-state index in [1.165, 1.54) is 12.8 Å². The van der Waals surface area contributed by atoms with Gasteiger partial charge in [-0.3, -0.25) is 10.1 Å². The van der Waals surface area contributed by atoms with E-state index >= 15 is 0 Å². The summed E-state index contributed by atoms with van der Waals surface area (Å²) in [5.74, 6) is 3.10. The summed E-state index contributed by atoms with van der Waals surface area (Å²) in [6.07, 6.45) is 4.85. The molecule has 0 bridgehead atoms. The van der Waals surface area contributed by atoms with Gasteiger partial charge in [0, 0.05) is 32.6 Å². The normalized spacial score (nSPS) is 14.8. The molecule has 126 valence electrons. The summed E-state index contributed by atoms with van der Waals surface area (Å²) >= 11 is 0. The van der Waals surface area contributed by atoms with Gasteiger partial charge in [0.1, 0.15) is 5.82 Å². The fraction of sp³-hybridized carbons (Fsp3) is 0.533. The van der Waals surface area contributed by atoms with E-state index in [0.29, 0.717) is 18.1 Å². The predicted molar refractivity (Wildman–Crippen MR) is 100.0 cm³/mol. The number of halogens is 1. The van der Waals surface area contributed by atoms with E-state index in [-0.39, 0.29) is 24.0 Å². The SMILES string of the molecule is CCNC(=NCCc1nc(-c2ccco2)n[nH]1)N1CCCC1.I. The van der Waals surface area contributed by atoms with Crippen LogP contribution in [0.15, 0.2) is 27.8 Å². The van der Waals surface area contributed by atoms with Crippen LogP contribution in [0, 0.1) is 0 Å². The smallest absolute Gasteiger partial charge is 0.216 e. The number of nitrogens with zero attached hydrogens (tertiary/aromatic N) is 4. The fourth-order valence-corrected chi connectivity index (χ4v) is 2.55. The molecule has 23 heavy (non-hydrogen) atoms. The molecule has 0 radical (unpaired) electrons. The molecule has 2 aromatic rings. The molecule has 1 fully saturated rings. The van der Waals surface area contributed by atoms with Crippen LogP contribution in [0.1, 0.15) is 25.6 Å². The van der Waals surface area contributed by atoms with Crippen LogP contribution in [0.4, 0.5) is 0 Å². The van der Waals surface area contributed by atoms with Crippen LogP contribution in [0.2, 0.25) is 0 Å². The number of aromatic nitrogens is 3. The lowest BCUT2D eigenvalue weighted by atomic mass is 10.4. The molecule has 2 N–H and O–H groups in total. The van der Waals surface area contributed by atoms with E-state index in [4.69, 9.17) is 4.42 Å². The number of rotatable bonds is 5. The third-order valence-corrected chi connectivity index (χ3v) is 3.62. The second-order valence-corrected chi connectivity index (χ2v) is 5.26. The second-order valence-electron chi connectivity index (χ2n) is 5.26. The van der Waals surface area contributed by atoms with Gasteiger partial charge in [-0.1, -0.05) is 0 Å². The standard InChI is InChI=1S/C15H22N6O.HI/c1-2-16-15(21-9-3-4-10-21)17-8-7-13-18-14(20-19-13)12-6-5-11-22-12;/h5-6,11H,2-4,7-10H2,1H3,(H,16,17)(H,18,19,20);1H. The number of hydrogen-bond donors (Lipinski definition) is 2. The molecule has 0 aromatic carbocycles. The molecule has 1 aliphatic heterocycles. The molecule has 0 atom stereocenters. The Balaban J connectivity index is 0.00000192. The van der Waals surface area contributed by atoms with Gasteiger partial charge in [-0.15, -0.1) is 24.0 Å². The maximum absolute atomic E-state index is 5.29. The van der Waals surface area contributed by atoms with Crippen LogP contribution in [-0.4, -0.2) is 52.2 Å². The maximum Gasteiger partial charge on any atom is 0.216 e. The highest BCUT2D eigenvalue weighted by molar-refractivity contribution is 14.0. The molecule has 7 nitrogen and oxygen atoms in total. The Bertz CT molecular complexity index is 603. The highest BCUT2D eigenvalue weighted by Gasteiger charge is 2.15. The topological polar surface area (TPSA) is 82.3 Å². The van der Waals surface area contributed by atoms with Crippen molar-refractivity contribution in [2.24, 2.45) is 4.99 Å². The van der Waals surface area contributed by atoms with Crippen LogP contribution < -0.4 is 5.32 Å². The second kappa shape index (κ2) is 8.90. The van der Waals surface area contributed by atoms with Crippen LogP contribution in [0.3, 0.4) is 0 Å². The summed E-state index contributed by atoms with van der Waals surface area (Å²) < 4.78 is 5.29. The van der Waals surface area contributed by atoms with Crippen molar-refractivity contribution in [3.05, 3.63) is 24.2 Å². The lowest BCUT2D eigenvalue weighted by Crippen LogP contribution is -2.39. The van der Waals surface area contributed by atoms with Crippen molar-refractivity contribution in [3.8, 4) is 11.6 Å². The number of hydrogen-bond acceptors (Lipinski definition) is 4. The number of aromatic amines is 1. The first kappa shape index (κ1) is 17.8. The Morgan fingerprint density at radius 1 is 1.43 bits per heavy atom. The maximum atomic E-state index is 5.29. The zero-order chi connectivity index (χ0) is 15.2. The van der Waals surface area contributed by atoms with Gasteiger partial charge in [0.15, 0.2) is 11.7 Å². The fourth-order valence-electron chi connectivity index (χ4n) is 2.55. The Kier molecular flexibility index (Phi) is 6.87. The highest BCUT2D eigenvalue weighted by atomic mass is 127. The molecule has 3 heterocycles. The van der Waals surface area contributed by atoms with Gasteiger partial charge in [-0.2, -0.15) is 5.10 Å². The molecule has 0 amide bonds. The Hall–Kier alpha value is -1.58. The predicted octanol–water partition coefficient (Wildman–Crippen LogP) is 2.29. The van der Waals surface area contributed by atoms with E-state index in [0.717, 1.165) is 37.8 Å². The van der Waals surface area contributed by atoms with E-state index in [2.05, 4.69) is 37.3 Å². The first-order chi connectivity index (χ1) is 10.9. The Labute approximate surface area is 153 Å². The van der Waals surface area contributed by atoms with Crippen LogP contribution in [0.5, 0.6) is 0 Å². The average Bonchev–Trinajstić information content (AvgIpc) is 3.27. The number of aliphatic imine (C=N–C) groups is 1. The van der Waals surface area contributed by atoms with Crippen LogP contribution >= 0.6 is 24.0 Å². The molecule has 0 saturated carbocycles. The Morgan fingerprint density at radius 3 is 2.96 bits per heavy atom. The molecule has 0 aliphatic carbocycles. The van der Waals surface area contributed by atoms with Crippen LogP contribution in [0.25, 0.3) is 11.6 Å². The van der Waals surface area contributed by atoms with Crippen molar-refractivity contribution < 1.29 is 4.42 Å². The van der Waals surface area contributed by atoms with Crippen molar-refractivity contribution in [1.82, 2.24) is 25.4 Å². The summed E-state index contributed by atoms with van der Waals surface area (Å²) in [6, 6.07) is 3.68. The summed E-state index contributed by atoms with van der Waals surface area (Å²) in [5.41, 5.74) is 0. The van der Waals surface area contributed by atoms with E-state index in [1.54, 1.807) is 6.26 Å². The zero-order valence-corrected chi connectivity index (χ0v) is 15.6. The number of furan rings is 1. The van der Waals surface area contributed by atoms with Gasteiger partial charge >= 0.3 is 0 Å². The molecule has 1 aliphatic rings. The molecular formula is C15H23IN6O. The molecule has 3 rings (SSSR count). The molecule has 0 spiro atoms. The number of likely N-dealkylation sites (tertiary alicyclic amines) is 1. The van der Waals surface area contributed by atoms with Crippen molar-refractivity contribution >= 4 is 29.9 Å². The lowest BCUT2D eigenvalue weighted by Gasteiger charge is -2.20. The lowest BCUT2D eigenvalue weighted by molar-refractivity contribution is 0.494. The molecule has 0 unspecified atom stereocenters. The van der Waals surface area contributed by atoms with Crippen molar-refractivity contribution in [2.75, 3.05) is 26.2 Å². The number of nitrogens with one attached hydrogen (secondary N) is 2. The van der Waals surface area contributed by atoms with Crippen molar-refractivity contribution in [2.45, 2.75) is 26.2 Å². The van der Waals surface area contributed by atoms with Gasteiger partial charge in [0.05, 0.1) is 6.26 Å². The summed E-state index contributed by atoms with van der Waals surface area (Å²) in [5, 5.41) is 10.5. The third-order valence-electron chi connectivity index (χ3n) is 3.62. The minimum Gasteiger partial charge on any atom is -0.461 e. The van der Waals surface area contributed by atoms with Gasteiger partial charge in [-0.05, 0) is 31.9 Å². The molecule has 8 heteroatoms. The first-order valence-electron chi connectivity index (χ1n) is 7.85. The van der Waals surface area contributed by atoms with Gasteiger partial charge in [-0.25, -0.2) is 4.98 Å². The minimum atomic E-state index is 0. The number of guanidine groups is 1. The van der Waals surface area contributed by atoms with Gasteiger partial charge in [0.25, 0.3) is 0 Å². The monoisotopic (exact) mass is 430 g/mol. The average molecular weight is 430 g/mol. The molecular weight excluding hydrogens is 407 g/mol. The van der Waals surface area contributed by atoms with Gasteiger partial charge in [0.2, 0.25) is 5.82 Å². The first-order valence-corrected chi connectivity index (χ1v) is 7.85. The Morgan fingerprint density at radius 2 is 2.26 bits per heavy atom.